The lowest BCUT2D eigenvalue weighted by Gasteiger charge is -2.21. The summed E-state index contributed by atoms with van der Waals surface area (Å²) in [6.07, 6.45) is 4.48. The van der Waals surface area contributed by atoms with Gasteiger partial charge in [-0.1, -0.05) is 13.8 Å². The summed E-state index contributed by atoms with van der Waals surface area (Å²) in [6.45, 7) is 9.75. The fourth-order valence-electron chi connectivity index (χ4n) is 3.09. The molecular formula is C16H29N3O2. The van der Waals surface area contributed by atoms with E-state index in [9.17, 15) is 9.59 Å². The maximum Gasteiger partial charge on any atom is 0.247 e. The van der Waals surface area contributed by atoms with Crippen molar-refractivity contribution in [2.75, 3.05) is 19.6 Å². The van der Waals surface area contributed by atoms with Crippen molar-refractivity contribution in [3.8, 4) is 0 Å². The molecule has 1 saturated heterocycles. The van der Waals surface area contributed by atoms with Crippen molar-refractivity contribution in [3.05, 3.63) is 0 Å². The number of hydrogen-bond donors (Lipinski definition) is 1. The minimum absolute atomic E-state index is 0.00177. The maximum atomic E-state index is 12.2. The largest absolute Gasteiger partial charge is 0.304 e. The van der Waals surface area contributed by atoms with Gasteiger partial charge in [-0.2, -0.15) is 0 Å². The second-order valence-corrected chi connectivity index (χ2v) is 6.33. The first-order chi connectivity index (χ1) is 10.1. The summed E-state index contributed by atoms with van der Waals surface area (Å²) in [5, 5.41) is 3.35. The van der Waals surface area contributed by atoms with Crippen molar-refractivity contribution in [2.45, 2.75) is 71.0 Å². The molecule has 5 heteroatoms. The van der Waals surface area contributed by atoms with E-state index in [1.807, 2.05) is 0 Å². The summed E-state index contributed by atoms with van der Waals surface area (Å²) >= 11 is 0. The van der Waals surface area contributed by atoms with Gasteiger partial charge in [0.1, 0.15) is 0 Å². The molecule has 1 N–H and O–H groups in total. The van der Waals surface area contributed by atoms with E-state index < -0.39 is 0 Å². The van der Waals surface area contributed by atoms with Crippen LogP contribution < -0.4 is 5.32 Å². The average molecular weight is 295 g/mol. The van der Waals surface area contributed by atoms with Crippen molar-refractivity contribution in [1.82, 2.24) is 15.1 Å². The third kappa shape index (κ3) is 4.27. The van der Waals surface area contributed by atoms with Gasteiger partial charge in [0.2, 0.25) is 11.8 Å². The van der Waals surface area contributed by atoms with Crippen LogP contribution in [0.5, 0.6) is 0 Å². The van der Waals surface area contributed by atoms with Gasteiger partial charge in [-0.05, 0) is 52.2 Å². The Hall–Kier alpha value is -0.940. The van der Waals surface area contributed by atoms with Crippen LogP contribution in [0.1, 0.15) is 52.9 Å². The van der Waals surface area contributed by atoms with Gasteiger partial charge in [0.15, 0.2) is 0 Å². The first-order valence-corrected chi connectivity index (χ1v) is 8.41. The number of hydrogen-bond acceptors (Lipinski definition) is 4. The molecule has 0 aromatic heterocycles. The molecule has 0 radical (unpaired) electrons. The monoisotopic (exact) mass is 295 g/mol. The van der Waals surface area contributed by atoms with Crippen LogP contribution in [0.4, 0.5) is 0 Å². The molecule has 2 unspecified atom stereocenters. The summed E-state index contributed by atoms with van der Waals surface area (Å²) in [4.78, 5) is 28.0. The van der Waals surface area contributed by atoms with E-state index in [0.29, 0.717) is 6.42 Å². The van der Waals surface area contributed by atoms with E-state index in [2.05, 4.69) is 31.0 Å². The fourth-order valence-corrected chi connectivity index (χ4v) is 3.09. The Bertz CT molecular complexity index is 378. The number of carbonyl (C=O) groups is 2. The molecule has 0 aromatic rings. The van der Waals surface area contributed by atoms with Crippen LogP contribution >= 0.6 is 0 Å². The Morgan fingerprint density at radius 2 is 1.95 bits per heavy atom. The summed E-state index contributed by atoms with van der Waals surface area (Å²) in [5.41, 5.74) is 0. The number of amides is 2. The minimum Gasteiger partial charge on any atom is -0.304 e. The molecule has 120 valence electrons. The second kappa shape index (κ2) is 7.36. The first kappa shape index (κ1) is 16.4. The predicted molar refractivity (Wildman–Crippen MR) is 82.9 cm³/mol. The summed E-state index contributed by atoms with van der Waals surface area (Å²) in [6, 6.07) is 0.192. The zero-order valence-corrected chi connectivity index (χ0v) is 13.6. The topological polar surface area (TPSA) is 52.7 Å². The standard InChI is InChI=1S/C16H29N3O2/c1-4-18(5-2)10-6-7-12(3)17-14-11-15(20)19(16(14)21)13-8-9-13/h12-14,17H,4-11H2,1-3H3. The average Bonchev–Trinajstić information content (AvgIpc) is 3.23. The number of likely N-dealkylation sites (tertiary alicyclic amines) is 1. The van der Waals surface area contributed by atoms with Gasteiger partial charge >= 0.3 is 0 Å². The van der Waals surface area contributed by atoms with Crippen LogP contribution in [-0.2, 0) is 9.59 Å². The van der Waals surface area contributed by atoms with Crippen molar-refractivity contribution in [3.63, 3.8) is 0 Å². The zero-order valence-electron chi connectivity index (χ0n) is 13.6. The summed E-state index contributed by atoms with van der Waals surface area (Å²) in [5.74, 6) is 0.00781. The molecule has 1 aliphatic heterocycles. The van der Waals surface area contributed by atoms with Gasteiger partial charge in [0.05, 0.1) is 12.5 Å². The van der Waals surface area contributed by atoms with Crippen molar-refractivity contribution < 1.29 is 9.59 Å². The van der Waals surface area contributed by atoms with Gasteiger partial charge in [0, 0.05) is 12.1 Å². The maximum absolute atomic E-state index is 12.2. The number of nitrogens with zero attached hydrogens (tertiary/aromatic N) is 2. The Morgan fingerprint density at radius 3 is 2.52 bits per heavy atom. The lowest BCUT2D eigenvalue weighted by Crippen LogP contribution is -2.43. The Balaban J connectivity index is 1.71. The number of imide groups is 1. The van der Waals surface area contributed by atoms with Gasteiger partial charge in [-0.25, -0.2) is 0 Å². The minimum atomic E-state index is -0.290. The smallest absolute Gasteiger partial charge is 0.247 e. The fraction of sp³-hybridized carbons (Fsp3) is 0.875. The van der Waals surface area contributed by atoms with Gasteiger partial charge in [0.25, 0.3) is 0 Å². The SMILES string of the molecule is CCN(CC)CCCC(C)NC1CC(=O)N(C2CC2)C1=O. The molecule has 1 heterocycles. The van der Waals surface area contributed by atoms with Gasteiger partial charge in [-0.3, -0.25) is 14.5 Å². The van der Waals surface area contributed by atoms with E-state index in [0.717, 1.165) is 45.3 Å². The number of carbonyl (C=O) groups excluding carboxylic acids is 2. The van der Waals surface area contributed by atoms with Crippen LogP contribution in [0.25, 0.3) is 0 Å². The second-order valence-electron chi connectivity index (χ2n) is 6.33. The van der Waals surface area contributed by atoms with Crippen LogP contribution in [-0.4, -0.2) is 59.4 Å². The molecule has 0 bridgehead atoms. The molecule has 5 nitrogen and oxygen atoms in total. The van der Waals surface area contributed by atoms with Crippen molar-refractivity contribution in [1.29, 1.82) is 0 Å². The number of rotatable bonds is 9. The van der Waals surface area contributed by atoms with E-state index in [1.54, 1.807) is 0 Å². The molecule has 2 rings (SSSR count). The van der Waals surface area contributed by atoms with E-state index in [1.165, 1.54) is 4.90 Å². The highest BCUT2D eigenvalue weighted by atomic mass is 16.2. The normalized spacial score (nSPS) is 24.2. The first-order valence-electron chi connectivity index (χ1n) is 8.41. The van der Waals surface area contributed by atoms with E-state index >= 15 is 0 Å². The molecule has 2 amide bonds. The van der Waals surface area contributed by atoms with Crippen molar-refractivity contribution >= 4 is 11.8 Å². The highest BCUT2D eigenvalue weighted by Gasteiger charge is 2.46. The molecule has 0 aromatic carbocycles. The Morgan fingerprint density at radius 1 is 1.29 bits per heavy atom. The summed E-state index contributed by atoms with van der Waals surface area (Å²) < 4.78 is 0. The predicted octanol–water partition coefficient (Wildman–Crippen LogP) is 1.38. The van der Waals surface area contributed by atoms with Crippen LogP contribution in [0.2, 0.25) is 0 Å². The van der Waals surface area contributed by atoms with Gasteiger partial charge < -0.3 is 10.2 Å². The summed E-state index contributed by atoms with van der Waals surface area (Å²) in [7, 11) is 0. The molecule has 1 aliphatic carbocycles. The van der Waals surface area contributed by atoms with Crippen LogP contribution in [0.15, 0.2) is 0 Å². The molecule has 0 spiro atoms. The lowest BCUT2D eigenvalue weighted by molar-refractivity contribution is -0.139. The van der Waals surface area contributed by atoms with Crippen molar-refractivity contribution in [2.24, 2.45) is 0 Å². The quantitative estimate of drug-likeness (QED) is 0.653. The van der Waals surface area contributed by atoms with E-state index in [-0.39, 0.29) is 29.9 Å². The Kier molecular flexibility index (Phi) is 5.76. The molecular weight excluding hydrogens is 266 g/mol. The highest BCUT2D eigenvalue weighted by Crippen LogP contribution is 2.31. The van der Waals surface area contributed by atoms with Crippen LogP contribution in [0.3, 0.4) is 0 Å². The molecule has 2 atom stereocenters. The van der Waals surface area contributed by atoms with Gasteiger partial charge in [-0.15, -0.1) is 0 Å². The molecule has 2 aliphatic rings. The molecule has 1 saturated carbocycles. The third-order valence-electron chi connectivity index (χ3n) is 4.59. The molecule has 21 heavy (non-hydrogen) atoms. The van der Waals surface area contributed by atoms with E-state index in [4.69, 9.17) is 0 Å². The highest BCUT2D eigenvalue weighted by molar-refractivity contribution is 6.06. The van der Waals surface area contributed by atoms with Crippen LogP contribution in [0, 0.1) is 0 Å². The zero-order chi connectivity index (χ0) is 15.4. The lowest BCUT2D eigenvalue weighted by atomic mass is 10.1. The number of nitrogens with one attached hydrogen (secondary N) is 1. The Labute approximate surface area is 128 Å². The third-order valence-corrected chi connectivity index (χ3v) is 4.59. The molecule has 2 fully saturated rings.